The normalized spacial score (nSPS) is 20.6. The number of carbonyl (C=O) groups excluding carboxylic acids is 3. The Morgan fingerprint density at radius 2 is 1.37 bits per heavy atom. The van der Waals surface area contributed by atoms with Crippen LogP contribution < -0.4 is 11.2 Å². The number of nitrogens with zero attached hydrogens (tertiary/aromatic N) is 2. The molecule has 1 saturated heterocycles. The van der Waals surface area contributed by atoms with E-state index >= 15 is 0 Å². The number of ether oxygens (including phenoxy) is 4. The summed E-state index contributed by atoms with van der Waals surface area (Å²) in [5.41, 5.74) is -2.47. The van der Waals surface area contributed by atoms with Gasteiger partial charge in [0.1, 0.15) is 18.4 Å². The lowest BCUT2D eigenvalue weighted by atomic mass is 9.95. The molecule has 3 heterocycles. The molecule has 232 valence electrons. The van der Waals surface area contributed by atoms with E-state index < -0.39 is 59.8 Å². The van der Waals surface area contributed by atoms with Crippen LogP contribution in [0.1, 0.15) is 44.2 Å². The number of pyridine rings is 1. The lowest BCUT2D eigenvalue weighted by Crippen LogP contribution is -2.51. The lowest BCUT2D eigenvalue weighted by Gasteiger charge is -2.34. The van der Waals surface area contributed by atoms with Crippen molar-refractivity contribution in [2.24, 2.45) is 0 Å². The van der Waals surface area contributed by atoms with E-state index in [4.69, 9.17) is 18.9 Å². The highest BCUT2D eigenvalue weighted by molar-refractivity contribution is 5.91. The van der Waals surface area contributed by atoms with E-state index in [1.807, 2.05) is 0 Å². The number of esters is 3. The zero-order valence-electron chi connectivity index (χ0n) is 24.4. The first kappa shape index (κ1) is 30.2. The van der Waals surface area contributed by atoms with Crippen LogP contribution in [0.5, 0.6) is 0 Å². The van der Waals surface area contributed by atoms with E-state index in [1.54, 1.807) is 91.0 Å². The summed E-state index contributed by atoms with van der Waals surface area (Å²) in [4.78, 5) is 71.6. The van der Waals surface area contributed by atoms with Crippen LogP contribution in [-0.2, 0) is 18.9 Å². The van der Waals surface area contributed by atoms with Gasteiger partial charge in [-0.2, -0.15) is 4.98 Å². The van der Waals surface area contributed by atoms with Crippen molar-refractivity contribution in [3.8, 4) is 0 Å². The molecule has 5 aromatic rings. The third-order valence-corrected chi connectivity index (χ3v) is 7.54. The Hall–Kier alpha value is -5.88. The van der Waals surface area contributed by atoms with Crippen molar-refractivity contribution in [3.05, 3.63) is 147 Å². The largest absolute Gasteiger partial charge is 0.459 e. The molecule has 3 aromatic carbocycles. The van der Waals surface area contributed by atoms with Gasteiger partial charge in [-0.05, 0) is 49.4 Å². The molecule has 0 radical (unpaired) electrons. The summed E-state index contributed by atoms with van der Waals surface area (Å²) < 4.78 is 25.0. The van der Waals surface area contributed by atoms with Crippen LogP contribution in [0.3, 0.4) is 0 Å². The highest BCUT2D eigenvalue weighted by atomic mass is 16.7. The van der Waals surface area contributed by atoms with Crippen LogP contribution >= 0.6 is 0 Å². The average Bonchev–Trinajstić information content (AvgIpc) is 3.34. The van der Waals surface area contributed by atoms with Gasteiger partial charge in [0.15, 0.2) is 17.9 Å². The van der Waals surface area contributed by atoms with Gasteiger partial charge in [0.05, 0.1) is 16.7 Å². The summed E-state index contributed by atoms with van der Waals surface area (Å²) in [5.74, 6) is -2.22. The molecule has 12 nitrogen and oxygen atoms in total. The summed E-state index contributed by atoms with van der Waals surface area (Å²) in [6.07, 6.45) is -2.64. The van der Waals surface area contributed by atoms with Crippen LogP contribution in [0.15, 0.2) is 119 Å². The number of aromatic nitrogens is 3. The van der Waals surface area contributed by atoms with Gasteiger partial charge >= 0.3 is 23.6 Å². The monoisotopic (exact) mass is 621 g/mol. The van der Waals surface area contributed by atoms with Crippen molar-refractivity contribution < 1.29 is 33.3 Å². The number of aromatic amines is 1. The molecule has 0 bridgehead atoms. The van der Waals surface area contributed by atoms with Crippen LogP contribution in [0, 0.1) is 0 Å². The molecule has 46 heavy (non-hydrogen) atoms. The second kappa shape index (κ2) is 12.6. The predicted octanol–water partition coefficient (Wildman–Crippen LogP) is 3.68. The molecular weight excluding hydrogens is 594 g/mol. The standard InChI is InChI=1S/C34H27N3O9/c1-34(46-31(41)23-15-9-4-10-16-23)27(45-30(40)22-13-7-3-8-14-22)25(20-43-29(39)21-11-5-2-6-12-21)44-32(34)37-19-24-17-18-26(38)35-28(24)36-33(37)42/h2-19,25,27,32H,20H2,1H3,(H,35,36,38,42)/t25-,27?,32-,34-/m1/s1. The molecule has 12 heteroatoms. The van der Waals surface area contributed by atoms with Gasteiger partial charge in [0.25, 0.3) is 0 Å². The molecule has 6 rings (SSSR count). The average molecular weight is 622 g/mol. The Kier molecular flexibility index (Phi) is 8.27. The maximum Gasteiger partial charge on any atom is 0.351 e. The number of hydrogen-bond donors (Lipinski definition) is 1. The van der Waals surface area contributed by atoms with Gasteiger partial charge < -0.3 is 23.9 Å². The Bertz CT molecular complexity index is 2010. The van der Waals surface area contributed by atoms with Crippen LogP contribution in [0.25, 0.3) is 11.0 Å². The van der Waals surface area contributed by atoms with Gasteiger partial charge in [0.2, 0.25) is 5.56 Å². The Balaban J connectivity index is 1.43. The Morgan fingerprint density at radius 3 is 1.98 bits per heavy atom. The van der Waals surface area contributed by atoms with E-state index in [0.717, 1.165) is 4.57 Å². The predicted molar refractivity (Wildman–Crippen MR) is 163 cm³/mol. The first-order valence-corrected chi connectivity index (χ1v) is 14.3. The topological polar surface area (TPSA) is 156 Å². The molecule has 4 atom stereocenters. The van der Waals surface area contributed by atoms with Gasteiger partial charge in [0, 0.05) is 17.6 Å². The Labute approximate surface area is 261 Å². The lowest BCUT2D eigenvalue weighted by molar-refractivity contribution is -0.111. The van der Waals surface area contributed by atoms with Gasteiger partial charge in [-0.1, -0.05) is 54.6 Å². The number of benzene rings is 3. The van der Waals surface area contributed by atoms with Crippen molar-refractivity contribution in [3.63, 3.8) is 0 Å². The van der Waals surface area contributed by atoms with Crippen molar-refractivity contribution in [2.75, 3.05) is 6.61 Å². The molecule has 1 fully saturated rings. The van der Waals surface area contributed by atoms with Crippen LogP contribution in [-0.4, -0.2) is 56.9 Å². The molecule has 1 unspecified atom stereocenters. The van der Waals surface area contributed by atoms with Gasteiger partial charge in [-0.15, -0.1) is 0 Å². The van der Waals surface area contributed by atoms with E-state index in [-0.39, 0.29) is 22.3 Å². The second-order valence-corrected chi connectivity index (χ2v) is 10.7. The molecule has 1 aliphatic rings. The van der Waals surface area contributed by atoms with E-state index in [1.165, 1.54) is 25.3 Å². The number of carbonyl (C=O) groups is 3. The fourth-order valence-electron chi connectivity index (χ4n) is 5.26. The van der Waals surface area contributed by atoms with Crippen LogP contribution in [0.2, 0.25) is 0 Å². The summed E-state index contributed by atoms with van der Waals surface area (Å²) in [6, 6.07) is 27.2. The van der Waals surface area contributed by atoms with Crippen molar-refractivity contribution in [1.29, 1.82) is 0 Å². The molecule has 2 aromatic heterocycles. The summed E-state index contributed by atoms with van der Waals surface area (Å²) in [7, 11) is 0. The van der Waals surface area contributed by atoms with Gasteiger partial charge in [-0.25, -0.2) is 19.2 Å². The van der Waals surface area contributed by atoms with Crippen molar-refractivity contribution in [1.82, 2.24) is 14.5 Å². The molecule has 0 aliphatic carbocycles. The van der Waals surface area contributed by atoms with Gasteiger partial charge in [-0.3, -0.25) is 9.36 Å². The fourth-order valence-corrected chi connectivity index (χ4v) is 5.26. The van der Waals surface area contributed by atoms with Crippen molar-refractivity contribution >= 4 is 28.9 Å². The third kappa shape index (κ3) is 6.06. The molecule has 1 N–H and O–H groups in total. The SMILES string of the molecule is C[C@@]1(OC(=O)c2ccccc2)C(OC(=O)c2ccccc2)[C@@H](COC(=O)c2ccccc2)O[C@H]1n1cc2ccc(=O)[nH]c2nc1=O. The number of fused-ring (bicyclic) bond motifs is 1. The van der Waals surface area contributed by atoms with Crippen LogP contribution in [0.4, 0.5) is 0 Å². The highest BCUT2D eigenvalue weighted by Gasteiger charge is 2.60. The quantitative estimate of drug-likeness (QED) is 0.200. The summed E-state index contributed by atoms with van der Waals surface area (Å²) in [6.45, 7) is 1.03. The molecule has 0 amide bonds. The third-order valence-electron chi connectivity index (χ3n) is 7.54. The molecule has 1 aliphatic heterocycles. The maximum atomic E-state index is 13.5. The minimum absolute atomic E-state index is 0.0372. The first-order chi connectivity index (χ1) is 22.2. The minimum atomic E-state index is -1.87. The van der Waals surface area contributed by atoms with E-state index in [2.05, 4.69) is 9.97 Å². The van der Waals surface area contributed by atoms with E-state index in [9.17, 15) is 24.0 Å². The molecule has 0 spiro atoms. The number of rotatable bonds is 8. The Morgan fingerprint density at radius 1 is 0.804 bits per heavy atom. The molecular formula is C34H27N3O9. The highest BCUT2D eigenvalue weighted by Crippen LogP contribution is 2.43. The summed E-state index contributed by atoms with van der Waals surface area (Å²) >= 11 is 0. The first-order valence-electron chi connectivity index (χ1n) is 14.3. The smallest absolute Gasteiger partial charge is 0.351 e. The van der Waals surface area contributed by atoms with Crippen molar-refractivity contribution in [2.45, 2.75) is 31.0 Å². The number of hydrogen-bond acceptors (Lipinski definition) is 10. The zero-order valence-corrected chi connectivity index (χ0v) is 24.4. The minimum Gasteiger partial charge on any atom is -0.459 e. The number of nitrogens with one attached hydrogen (secondary N) is 1. The maximum absolute atomic E-state index is 13.5. The molecule has 0 saturated carbocycles. The van der Waals surface area contributed by atoms with E-state index in [0.29, 0.717) is 5.39 Å². The number of H-pyrrole nitrogens is 1. The zero-order chi connectivity index (χ0) is 32.3. The second-order valence-electron chi connectivity index (χ2n) is 10.7. The summed E-state index contributed by atoms with van der Waals surface area (Å²) in [5, 5.41) is 0.372. The fraction of sp³-hybridized carbons (Fsp3) is 0.176.